The van der Waals surface area contributed by atoms with Crippen LogP contribution in [0.25, 0.3) is 82.1 Å². The molecule has 0 radical (unpaired) electrons. The third kappa shape index (κ3) is 3.68. The Morgan fingerprint density at radius 2 is 0.925 bits per heavy atom. The van der Waals surface area contributed by atoms with E-state index in [4.69, 9.17) is 0 Å². The van der Waals surface area contributed by atoms with Crippen LogP contribution >= 0.6 is 0 Å². The van der Waals surface area contributed by atoms with E-state index in [1.807, 2.05) is 0 Å². The minimum Gasteiger partial charge on any atom is -0.309 e. The first kappa shape index (κ1) is 28.9. The van der Waals surface area contributed by atoms with Crippen molar-refractivity contribution in [3.8, 4) is 27.9 Å². The highest BCUT2D eigenvalue weighted by Gasteiger charge is 2.61. The van der Waals surface area contributed by atoms with Crippen LogP contribution in [0.3, 0.4) is 0 Å². The molecule has 14 rings (SSSR count). The van der Waals surface area contributed by atoms with E-state index in [1.165, 1.54) is 114 Å². The molecular formula is C52H39N. The lowest BCUT2D eigenvalue weighted by Crippen LogP contribution is -2.55. The van der Waals surface area contributed by atoms with E-state index in [0.29, 0.717) is 0 Å². The van der Waals surface area contributed by atoms with Crippen molar-refractivity contribution in [1.29, 1.82) is 0 Å². The molecule has 0 aliphatic heterocycles. The van der Waals surface area contributed by atoms with E-state index in [0.717, 1.165) is 23.7 Å². The van der Waals surface area contributed by atoms with E-state index in [9.17, 15) is 0 Å². The van der Waals surface area contributed by atoms with Gasteiger partial charge in [-0.15, -0.1) is 0 Å². The highest BCUT2D eigenvalue weighted by Crippen LogP contribution is 2.69. The van der Waals surface area contributed by atoms with Crippen molar-refractivity contribution in [3.63, 3.8) is 0 Å². The monoisotopic (exact) mass is 677 g/mol. The summed E-state index contributed by atoms with van der Waals surface area (Å²) in [6.45, 7) is 0. The summed E-state index contributed by atoms with van der Waals surface area (Å²) in [6, 6.07) is 58.0. The first-order valence-electron chi connectivity index (χ1n) is 19.9. The van der Waals surface area contributed by atoms with Crippen LogP contribution in [-0.4, -0.2) is 4.57 Å². The van der Waals surface area contributed by atoms with Gasteiger partial charge in [0.2, 0.25) is 0 Å². The summed E-state index contributed by atoms with van der Waals surface area (Å²) in [5.74, 6) is 3.50. The highest BCUT2D eigenvalue weighted by molar-refractivity contribution is 6.25. The summed E-state index contributed by atoms with van der Waals surface area (Å²) in [5, 5.41) is 10.5. The van der Waals surface area contributed by atoms with Crippen molar-refractivity contribution in [3.05, 3.63) is 163 Å². The van der Waals surface area contributed by atoms with Crippen LogP contribution < -0.4 is 0 Å². The average Bonchev–Trinajstić information content (AvgIpc) is 3.70. The van der Waals surface area contributed by atoms with Crippen LogP contribution in [-0.2, 0) is 5.41 Å². The highest BCUT2D eigenvalue weighted by atomic mass is 15.0. The minimum absolute atomic E-state index is 0.215. The van der Waals surface area contributed by atoms with Crippen LogP contribution in [0.4, 0.5) is 0 Å². The van der Waals surface area contributed by atoms with Crippen molar-refractivity contribution in [2.24, 2.45) is 23.7 Å². The van der Waals surface area contributed by atoms with Gasteiger partial charge in [-0.3, -0.25) is 0 Å². The smallest absolute Gasteiger partial charge is 0.0541 e. The number of rotatable bonds is 2. The van der Waals surface area contributed by atoms with Gasteiger partial charge in [0.25, 0.3) is 0 Å². The molecule has 0 saturated heterocycles. The molecule has 53 heavy (non-hydrogen) atoms. The molecule has 252 valence electrons. The summed E-state index contributed by atoms with van der Waals surface area (Å²) >= 11 is 0. The van der Waals surface area contributed by atoms with Crippen molar-refractivity contribution >= 4 is 54.1 Å². The SMILES string of the molecule is c1ccc2c(c1)-c1cc(-c3ccc4c(c3)c3ccccc3n4-c3ccc4c5ccccc5c5ccccc5c4c3)ccc1C21C2CC3CC(C2)CC1C3. The van der Waals surface area contributed by atoms with Gasteiger partial charge in [0.1, 0.15) is 0 Å². The number of fused-ring (bicyclic) bond motifs is 12. The summed E-state index contributed by atoms with van der Waals surface area (Å²) in [7, 11) is 0. The van der Waals surface area contributed by atoms with Gasteiger partial charge in [-0.05, 0) is 158 Å². The molecule has 1 nitrogen and oxygen atoms in total. The van der Waals surface area contributed by atoms with Gasteiger partial charge >= 0.3 is 0 Å². The van der Waals surface area contributed by atoms with Gasteiger partial charge in [0.05, 0.1) is 11.0 Å². The van der Waals surface area contributed by atoms with Gasteiger partial charge < -0.3 is 4.57 Å². The van der Waals surface area contributed by atoms with Crippen LogP contribution in [0.1, 0.15) is 43.2 Å². The fourth-order valence-electron chi connectivity index (χ4n) is 12.8. The van der Waals surface area contributed by atoms with Gasteiger partial charge in [0.15, 0.2) is 0 Å². The Morgan fingerprint density at radius 3 is 1.66 bits per heavy atom. The quantitative estimate of drug-likeness (QED) is 0.161. The van der Waals surface area contributed by atoms with Crippen LogP contribution in [0.2, 0.25) is 0 Å². The topological polar surface area (TPSA) is 4.93 Å². The maximum Gasteiger partial charge on any atom is 0.0541 e. The molecule has 4 bridgehead atoms. The predicted molar refractivity (Wildman–Crippen MR) is 222 cm³/mol. The first-order chi connectivity index (χ1) is 26.2. The largest absolute Gasteiger partial charge is 0.309 e. The van der Waals surface area contributed by atoms with Crippen molar-refractivity contribution < 1.29 is 0 Å². The van der Waals surface area contributed by atoms with Crippen molar-refractivity contribution in [2.75, 3.05) is 0 Å². The summed E-state index contributed by atoms with van der Waals surface area (Å²) < 4.78 is 2.48. The van der Waals surface area contributed by atoms with E-state index in [-0.39, 0.29) is 5.41 Å². The first-order valence-corrected chi connectivity index (χ1v) is 19.9. The minimum atomic E-state index is 0.215. The average molecular weight is 678 g/mol. The molecule has 0 atom stereocenters. The zero-order valence-electron chi connectivity index (χ0n) is 29.7. The number of aromatic nitrogens is 1. The van der Waals surface area contributed by atoms with Crippen molar-refractivity contribution in [1.82, 2.24) is 4.57 Å². The second kappa shape index (κ2) is 10.3. The Bertz CT molecular complexity index is 2970. The summed E-state index contributed by atoms with van der Waals surface area (Å²) in [6.07, 6.45) is 7.19. The molecule has 8 aromatic carbocycles. The van der Waals surface area contributed by atoms with E-state index in [2.05, 4.69) is 156 Å². The number of para-hydroxylation sites is 1. The number of benzene rings is 8. The summed E-state index contributed by atoms with van der Waals surface area (Å²) in [5.41, 5.74) is 12.8. The van der Waals surface area contributed by atoms with Crippen LogP contribution in [0.5, 0.6) is 0 Å². The lowest BCUT2D eigenvalue weighted by molar-refractivity contribution is -0.0399. The Hall–Kier alpha value is -5.66. The van der Waals surface area contributed by atoms with E-state index in [1.54, 1.807) is 11.1 Å². The second-order valence-corrected chi connectivity index (χ2v) is 16.9. The van der Waals surface area contributed by atoms with E-state index < -0.39 is 0 Å². The fourth-order valence-corrected chi connectivity index (χ4v) is 12.8. The predicted octanol–water partition coefficient (Wildman–Crippen LogP) is 13.6. The molecule has 1 aromatic heterocycles. The lowest BCUT2D eigenvalue weighted by atomic mass is 9.43. The Balaban J connectivity index is 0.988. The van der Waals surface area contributed by atoms with Crippen LogP contribution in [0.15, 0.2) is 152 Å². The molecule has 4 fully saturated rings. The Kier molecular flexibility index (Phi) is 5.59. The molecule has 1 spiro atoms. The number of hydrogen-bond donors (Lipinski definition) is 0. The maximum atomic E-state index is 2.56. The molecule has 0 unspecified atom stereocenters. The lowest BCUT2D eigenvalue weighted by Gasteiger charge is -2.61. The molecule has 1 heteroatoms. The molecule has 5 aliphatic carbocycles. The molecule has 5 aliphatic rings. The fraction of sp³-hybridized carbons (Fsp3) is 0.192. The standard InChI is InChI=1S/C52H39N/c1-2-11-40-38(9-1)39-10-3-4-12-41(39)45-30-37(19-20-42(40)45)53-50-16-8-6-14-44(50)47-29-34(18-22-51(47)53)33-17-21-49-46(28-33)43-13-5-7-15-48(43)52(49)35-24-31-23-32(26-35)27-36(52)25-31/h1-22,28-32,35-36H,23-27H2. The zero-order valence-corrected chi connectivity index (χ0v) is 29.7. The van der Waals surface area contributed by atoms with Gasteiger partial charge in [-0.1, -0.05) is 115 Å². The molecular weight excluding hydrogens is 639 g/mol. The Labute approximate surface area is 309 Å². The van der Waals surface area contributed by atoms with Crippen molar-refractivity contribution in [2.45, 2.75) is 37.5 Å². The second-order valence-electron chi connectivity index (χ2n) is 16.9. The number of nitrogens with zero attached hydrogens (tertiary/aromatic N) is 1. The van der Waals surface area contributed by atoms with Gasteiger partial charge in [-0.2, -0.15) is 0 Å². The van der Waals surface area contributed by atoms with E-state index >= 15 is 0 Å². The molecule has 9 aromatic rings. The zero-order chi connectivity index (χ0) is 34.4. The third-order valence-corrected chi connectivity index (χ3v) is 14.5. The normalized spacial score (nSPS) is 23.9. The molecule has 0 amide bonds. The van der Waals surface area contributed by atoms with Gasteiger partial charge in [-0.25, -0.2) is 0 Å². The van der Waals surface area contributed by atoms with Gasteiger partial charge in [0, 0.05) is 21.9 Å². The maximum absolute atomic E-state index is 2.56. The molecule has 1 heterocycles. The Morgan fingerprint density at radius 1 is 0.377 bits per heavy atom. The summed E-state index contributed by atoms with van der Waals surface area (Å²) in [4.78, 5) is 0. The van der Waals surface area contributed by atoms with Crippen LogP contribution in [0, 0.1) is 23.7 Å². The number of hydrogen-bond acceptors (Lipinski definition) is 0. The molecule has 0 N–H and O–H groups in total. The third-order valence-electron chi connectivity index (χ3n) is 14.5. The molecule has 4 saturated carbocycles.